The minimum atomic E-state index is 0.313. The molecule has 1 nitrogen and oxygen atoms in total. The predicted molar refractivity (Wildman–Crippen MR) is 133 cm³/mol. The van der Waals surface area contributed by atoms with Crippen molar-refractivity contribution in [3.8, 4) is 50.3 Å². The van der Waals surface area contributed by atoms with E-state index in [2.05, 4.69) is 91.0 Å². The molecule has 0 aliphatic heterocycles. The lowest BCUT2D eigenvalue weighted by Gasteiger charge is -2.19. The van der Waals surface area contributed by atoms with E-state index in [0.717, 1.165) is 39.8 Å². The van der Waals surface area contributed by atoms with Crippen molar-refractivity contribution in [2.75, 3.05) is 0 Å². The molecule has 1 aliphatic carbocycles. The van der Waals surface area contributed by atoms with Gasteiger partial charge in [-0.15, -0.1) is 0 Å². The van der Waals surface area contributed by atoms with Crippen molar-refractivity contribution >= 4 is 0 Å². The molecule has 32 heavy (non-hydrogen) atoms. The number of fused-ring (bicyclic) bond motifs is 3. The molecule has 0 amide bonds. The van der Waals surface area contributed by atoms with Crippen molar-refractivity contribution in [2.24, 2.45) is 0 Å². The summed E-state index contributed by atoms with van der Waals surface area (Å²) < 4.78 is 0. The van der Waals surface area contributed by atoms with Crippen molar-refractivity contribution in [1.82, 2.24) is 0 Å². The highest BCUT2D eigenvalue weighted by molar-refractivity contribution is 5.99. The van der Waals surface area contributed by atoms with Crippen LogP contribution in [0.1, 0.15) is 11.1 Å². The van der Waals surface area contributed by atoms with Gasteiger partial charge in [0.25, 0.3) is 0 Å². The Morgan fingerprint density at radius 2 is 1.06 bits per heavy atom. The second-order valence-electron chi connectivity index (χ2n) is 8.28. The lowest BCUT2D eigenvalue weighted by Crippen LogP contribution is -1.95. The van der Waals surface area contributed by atoms with Gasteiger partial charge in [0.15, 0.2) is 0 Å². The molecule has 1 N–H and O–H groups in total. The van der Waals surface area contributed by atoms with Gasteiger partial charge in [0.05, 0.1) is 0 Å². The first kappa shape index (κ1) is 18.7. The van der Waals surface area contributed by atoms with Crippen molar-refractivity contribution in [3.05, 3.63) is 126 Å². The molecule has 0 spiro atoms. The normalized spacial score (nSPS) is 11.8. The summed E-state index contributed by atoms with van der Waals surface area (Å²) in [7, 11) is 0. The fraction of sp³-hybridized carbons (Fsp3) is 0.0323. The first-order valence-corrected chi connectivity index (χ1v) is 11.0. The molecular formula is C31H22O. The molecule has 0 radical (unpaired) electrons. The largest absolute Gasteiger partial charge is 0.507 e. The van der Waals surface area contributed by atoms with Crippen LogP contribution in [0.4, 0.5) is 0 Å². The van der Waals surface area contributed by atoms with E-state index in [9.17, 15) is 5.11 Å². The Hall–Kier alpha value is -4.10. The Labute approximate surface area is 188 Å². The molecule has 0 saturated heterocycles. The van der Waals surface area contributed by atoms with Gasteiger partial charge in [-0.2, -0.15) is 0 Å². The van der Waals surface area contributed by atoms with Crippen LogP contribution in [0, 0.1) is 0 Å². The van der Waals surface area contributed by atoms with E-state index in [4.69, 9.17) is 0 Å². The first-order valence-electron chi connectivity index (χ1n) is 11.0. The lowest BCUT2D eigenvalue weighted by atomic mass is 9.84. The van der Waals surface area contributed by atoms with E-state index in [1.54, 1.807) is 0 Å². The minimum absolute atomic E-state index is 0.313. The lowest BCUT2D eigenvalue weighted by molar-refractivity contribution is 0.477. The van der Waals surface area contributed by atoms with Crippen LogP contribution < -0.4 is 0 Å². The summed E-state index contributed by atoms with van der Waals surface area (Å²) in [4.78, 5) is 0. The maximum absolute atomic E-state index is 11.2. The highest BCUT2D eigenvalue weighted by atomic mass is 16.3. The Bertz CT molecular complexity index is 1430. The van der Waals surface area contributed by atoms with Crippen LogP contribution in [0.15, 0.2) is 115 Å². The zero-order valence-corrected chi connectivity index (χ0v) is 17.6. The number of phenols is 1. The summed E-state index contributed by atoms with van der Waals surface area (Å²) in [5.74, 6) is 0.313. The molecule has 0 unspecified atom stereocenters. The molecule has 5 aromatic carbocycles. The van der Waals surface area contributed by atoms with Crippen LogP contribution in [0.3, 0.4) is 0 Å². The Morgan fingerprint density at radius 3 is 1.84 bits per heavy atom. The van der Waals surface area contributed by atoms with Crippen molar-refractivity contribution in [3.63, 3.8) is 0 Å². The van der Waals surface area contributed by atoms with E-state index in [1.165, 1.54) is 22.3 Å². The first-order chi connectivity index (χ1) is 15.8. The second-order valence-corrected chi connectivity index (χ2v) is 8.28. The molecule has 0 atom stereocenters. The monoisotopic (exact) mass is 410 g/mol. The predicted octanol–water partition coefficient (Wildman–Crippen LogP) is 7.96. The SMILES string of the molecule is Oc1ccc(-c2ccccc2)c(-c2ccccc2)c1-c1cccc2c1Cc1ccccc1-2. The van der Waals surface area contributed by atoms with E-state index in [1.807, 2.05) is 24.3 Å². The van der Waals surface area contributed by atoms with Crippen LogP contribution in [0.25, 0.3) is 44.5 Å². The molecule has 0 heterocycles. The van der Waals surface area contributed by atoms with Crippen LogP contribution in [0.5, 0.6) is 5.75 Å². The van der Waals surface area contributed by atoms with Crippen LogP contribution >= 0.6 is 0 Å². The summed E-state index contributed by atoms with van der Waals surface area (Å²) in [6.45, 7) is 0. The van der Waals surface area contributed by atoms with Gasteiger partial charge >= 0.3 is 0 Å². The van der Waals surface area contributed by atoms with E-state index in [-0.39, 0.29) is 0 Å². The van der Waals surface area contributed by atoms with Crippen LogP contribution in [-0.4, -0.2) is 5.11 Å². The van der Waals surface area contributed by atoms with Crippen LogP contribution in [0.2, 0.25) is 0 Å². The molecule has 1 aliphatic rings. The third-order valence-electron chi connectivity index (χ3n) is 6.45. The third kappa shape index (κ3) is 2.94. The topological polar surface area (TPSA) is 20.2 Å². The standard InChI is InChI=1S/C31H22O/c32-29-19-18-25(21-10-3-1-4-11-21)30(22-12-5-2-6-13-22)31(29)27-17-9-16-26-24-15-8-7-14-23(24)20-28(26)27/h1-19,32H,20H2. The highest BCUT2D eigenvalue weighted by Gasteiger charge is 2.25. The van der Waals surface area contributed by atoms with Crippen LogP contribution in [-0.2, 0) is 6.42 Å². The van der Waals surface area contributed by atoms with Gasteiger partial charge in [0.1, 0.15) is 5.75 Å². The smallest absolute Gasteiger partial charge is 0.124 e. The van der Waals surface area contributed by atoms with Crippen molar-refractivity contribution < 1.29 is 5.11 Å². The average Bonchev–Trinajstić information content (AvgIpc) is 3.24. The number of hydrogen-bond donors (Lipinski definition) is 1. The van der Waals surface area contributed by atoms with Crippen molar-refractivity contribution in [1.29, 1.82) is 0 Å². The average molecular weight is 411 g/mol. The number of rotatable bonds is 3. The van der Waals surface area contributed by atoms with Gasteiger partial charge in [-0.05, 0) is 57.0 Å². The zero-order chi connectivity index (χ0) is 21.5. The Balaban J connectivity index is 1.67. The third-order valence-corrected chi connectivity index (χ3v) is 6.45. The van der Waals surface area contributed by atoms with Crippen molar-refractivity contribution in [2.45, 2.75) is 6.42 Å². The van der Waals surface area contributed by atoms with Gasteiger partial charge in [0, 0.05) is 11.1 Å². The van der Waals surface area contributed by atoms with E-state index < -0.39 is 0 Å². The number of phenolic OH excluding ortho intramolecular Hbond substituents is 1. The highest BCUT2D eigenvalue weighted by Crippen LogP contribution is 2.49. The maximum atomic E-state index is 11.2. The maximum Gasteiger partial charge on any atom is 0.124 e. The zero-order valence-electron chi connectivity index (χ0n) is 17.6. The summed E-state index contributed by atoms with van der Waals surface area (Å²) in [5.41, 5.74) is 11.6. The number of aromatic hydroxyl groups is 1. The fourth-order valence-corrected chi connectivity index (χ4v) is 5.02. The Morgan fingerprint density at radius 1 is 0.438 bits per heavy atom. The second kappa shape index (κ2) is 7.55. The molecule has 6 rings (SSSR count). The van der Waals surface area contributed by atoms with Gasteiger partial charge in [0.2, 0.25) is 0 Å². The summed E-state index contributed by atoms with van der Waals surface area (Å²) >= 11 is 0. The van der Waals surface area contributed by atoms with Gasteiger partial charge in [-0.3, -0.25) is 0 Å². The molecule has 5 aromatic rings. The van der Waals surface area contributed by atoms with E-state index in [0.29, 0.717) is 5.75 Å². The summed E-state index contributed by atoms with van der Waals surface area (Å²) in [6, 6.07) is 39.8. The van der Waals surface area contributed by atoms with Gasteiger partial charge < -0.3 is 5.11 Å². The molecule has 0 saturated carbocycles. The Kier molecular flexibility index (Phi) is 4.40. The molecule has 0 fully saturated rings. The molecule has 0 aromatic heterocycles. The quantitative estimate of drug-likeness (QED) is 0.314. The minimum Gasteiger partial charge on any atom is -0.507 e. The summed E-state index contributed by atoms with van der Waals surface area (Å²) in [5, 5.41) is 11.2. The molecular weight excluding hydrogens is 388 g/mol. The fourth-order valence-electron chi connectivity index (χ4n) is 5.02. The number of hydrogen-bond acceptors (Lipinski definition) is 1. The van der Waals surface area contributed by atoms with E-state index >= 15 is 0 Å². The van der Waals surface area contributed by atoms with Gasteiger partial charge in [-0.1, -0.05) is 109 Å². The molecule has 1 heteroatoms. The molecule has 0 bridgehead atoms. The number of benzene rings is 5. The summed E-state index contributed by atoms with van der Waals surface area (Å²) in [6.07, 6.45) is 0.880. The van der Waals surface area contributed by atoms with Gasteiger partial charge in [-0.25, -0.2) is 0 Å². The molecule has 152 valence electrons.